The van der Waals surface area contributed by atoms with Crippen LogP contribution in [0.4, 0.5) is 5.69 Å². The summed E-state index contributed by atoms with van der Waals surface area (Å²) in [5, 5.41) is 7.04. The summed E-state index contributed by atoms with van der Waals surface area (Å²) in [6.45, 7) is 13.2. The highest BCUT2D eigenvalue weighted by Gasteiger charge is 2.16. The van der Waals surface area contributed by atoms with E-state index in [0.29, 0.717) is 16.8 Å². The number of hydrogen-bond donors (Lipinski definition) is 2. The van der Waals surface area contributed by atoms with E-state index in [1.54, 1.807) is 24.4 Å². The molecule has 0 aliphatic carbocycles. The highest BCUT2D eigenvalue weighted by atomic mass is 127. The number of carbonyl (C=O) groups is 2. The second-order valence-corrected chi connectivity index (χ2v) is 10.9. The highest BCUT2D eigenvalue weighted by molar-refractivity contribution is 14.1. The second-order valence-electron chi connectivity index (χ2n) is 9.65. The Morgan fingerprint density at radius 2 is 1.69 bits per heavy atom. The van der Waals surface area contributed by atoms with Crippen molar-refractivity contribution in [3.63, 3.8) is 0 Å². The number of amides is 2. The first-order valence-corrected chi connectivity index (χ1v) is 14.3. The van der Waals surface area contributed by atoms with Crippen LogP contribution in [-0.2, 0) is 6.54 Å². The molecule has 3 aromatic carbocycles. The van der Waals surface area contributed by atoms with Crippen LogP contribution >= 0.6 is 22.6 Å². The standard InChI is InChI=1S/C31H38IN5O2/c1-6-37(7-2)16-15-36(5)21-25-9-8-10-26(18-25)30(38)34-29-14-13-27(32)19-28(29)31(39)35-33-20-24-12-11-22(3)23(4)17-24/h8-14,17-20H,6-7,15-16,21H2,1-5H3,(H,34,38)(H,35,39). The molecule has 0 atom stereocenters. The predicted octanol–water partition coefficient (Wildman–Crippen LogP) is 5.70. The first-order chi connectivity index (χ1) is 18.7. The lowest BCUT2D eigenvalue weighted by Gasteiger charge is -2.23. The molecule has 0 spiro atoms. The van der Waals surface area contributed by atoms with Gasteiger partial charge in [-0.25, -0.2) is 5.43 Å². The van der Waals surface area contributed by atoms with E-state index in [1.807, 2.05) is 56.3 Å². The molecule has 0 aromatic heterocycles. The van der Waals surface area contributed by atoms with E-state index in [4.69, 9.17) is 0 Å². The molecule has 8 heteroatoms. The number of benzene rings is 3. The van der Waals surface area contributed by atoms with Crippen LogP contribution in [-0.4, -0.2) is 61.1 Å². The summed E-state index contributed by atoms with van der Waals surface area (Å²) in [6, 6.07) is 18.9. The van der Waals surface area contributed by atoms with Gasteiger partial charge in [0.15, 0.2) is 0 Å². The normalized spacial score (nSPS) is 11.4. The van der Waals surface area contributed by atoms with Crippen LogP contribution in [0.2, 0.25) is 0 Å². The molecule has 39 heavy (non-hydrogen) atoms. The van der Waals surface area contributed by atoms with E-state index < -0.39 is 5.91 Å². The van der Waals surface area contributed by atoms with Crippen LogP contribution in [0.15, 0.2) is 65.8 Å². The Bertz CT molecular complexity index is 1320. The SMILES string of the molecule is CCN(CC)CCN(C)Cc1cccc(C(=O)Nc2ccc(I)cc2C(=O)NN=Cc2ccc(C)c(C)c2)c1. The van der Waals surface area contributed by atoms with E-state index in [0.717, 1.165) is 53.0 Å². The third-order valence-electron chi connectivity index (χ3n) is 6.72. The maximum absolute atomic E-state index is 13.2. The molecule has 2 amide bonds. The number of carbonyl (C=O) groups excluding carboxylic acids is 2. The number of hydrogen-bond acceptors (Lipinski definition) is 5. The van der Waals surface area contributed by atoms with Gasteiger partial charge in [-0.1, -0.05) is 44.2 Å². The van der Waals surface area contributed by atoms with Crippen LogP contribution in [0.3, 0.4) is 0 Å². The number of likely N-dealkylation sites (N-methyl/N-ethyl adjacent to an activating group) is 2. The molecule has 0 unspecified atom stereocenters. The minimum Gasteiger partial charge on any atom is -0.321 e. The quantitative estimate of drug-likeness (QED) is 0.152. The third kappa shape index (κ3) is 9.26. The van der Waals surface area contributed by atoms with Gasteiger partial charge in [0.05, 0.1) is 17.5 Å². The first kappa shape index (κ1) is 30.5. The van der Waals surface area contributed by atoms with Gasteiger partial charge in [-0.15, -0.1) is 0 Å². The molecule has 2 N–H and O–H groups in total. The first-order valence-electron chi connectivity index (χ1n) is 13.2. The number of rotatable bonds is 12. The zero-order valence-electron chi connectivity index (χ0n) is 23.4. The second kappa shape index (κ2) is 14.9. The summed E-state index contributed by atoms with van der Waals surface area (Å²) < 4.78 is 0.878. The molecular formula is C31H38IN5O2. The monoisotopic (exact) mass is 639 g/mol. The van der Waals surface area contributed by atoms with Gasteiger partial charge in [0.25, 0.3) is 11.8 Å². The van der Waals surface area contributed by atoms with Crippen molar-refractivity contribution in [3.05, 3.63) is 97.6 Å². The Hall–Kier alpha value is -3.08. The molecule has 0 bridgehead atoms. The number of halogens is 1. The van der Waals surface area contributed by atoms with Gasteiger partial charge in [0.1, 0.15) is 0 Å². The average Bonchev–Trinajstić information content (AvgIpc) is 2.92. The zero-order valence-corrected chi connectivity index (χ0v) is 25.6. The van der Waals surface area contributed by atoms with Crippen molar-refractivity contribution in [1.82, 2.24) is 15.2 Å². The Kier molecular flexibility index (Phi) is 11.6. The molecule has 0 aliphatic heterocycles. The van der Waals surface area contributed by atoms with Crippen molar-refractivity contribution in [1.29, 1.82) is 0 Å². The van der Waals surface area contributed by atoms with Gasteiger partial charge in [0, 0.05) is 28.8 Å². The Labute approximate surface area is 245 Å². The Balaban J connectivity index is 1.67. The summed E-state index contributed by atoms with van der Waals surface area (Å²) in [4.78, 5) is 30.8. The van der Waals surface area contributed by atoms with Gasteiger partial charge in [-0.05, 0) is 109 Å². The van der Waals surface area contributed by atoms with E-state index in [-0.39, 0.29) is 5.91 Å². The fourth-order valence-corrected chi connectivity index (χ4v) is 4.62. The average molecular weight is 640 g/mol. The largest absolute Gasteiger partial charge is 0.321 e. The molecule has 0 fully saturated rings. The molecule has 0 heterocycles. The third-order valence-corrected chi connectivity index (χ3v) is 7.39. The molecule has 0 saturated carbocycles. The van der Waals surface area contributed by atoms with Crippen LogP contribution in [0.1, 0.15) is 56.8 Å². The van der Waals surface area contributed by atoms with Gasteiger partial charge >= 0.3 is 0 Å². The number of aryl methyl sites for hydroxylation is 2. The maximum atomic E-state index is 13.2. The van der Waals surface area contributed by atoms with Crippen molar-refractivity contribution in [3.8, 4) is 0 Å². The molecular weight excluding hydrogens is 601 g/mol. The molecule has 206 valence electrons. The molecule has 0 saturated heterocycles. The van der Waals surface area contributed by atoms with Gasteiger partial charge in [-0.3, -0.25) is 9.59 Å². The lowest BCUT2D eigenvalue weighted by Crippen LogP contribution is -2.32. The smallest absolute Gasteiger partial charge is 0.273 e. The number of hydrazone groups is 1. The van der Waals surface area contributed by atoms with Crippen LogP contribution in [0, 0.1) is 17.4 Å². The van der Waals surface area contributed by atoms with Crippen LogP contribution in [0.5, 0.6) is 0 Å². The summed E-state index contributed by atoms with van der Waals surface area (Å²) >= 11 is 2.15. The van der Waals surface area contributed by atoms with E-state index in [1.165, 1.54) is 5.56 Å². The predicted molar refractivity (Wildman–Crippen MR) is 169 cm³/mol. The molecule has 3 aromatic rings. The minimum atomic E-state index is -0.396. The lowest BCUT2D eigenvalue weighted by atomic mass is 10.1. The Morgan fingerprint density at radius 1 is 0.923 bits per heavy atom. The Morgan fingerprint density at radius 3 is 2.41 bits per heavy atom. The van der Waals surface area contributed by atoms with Crippen molar-refractivity contribution < 1.29 is 9.59 Å². The summed E-state index contributed by atoms with van der Waals surface area (Å²) in [5.41, 5.74) is 8.22. The zero-order chi connectivity index (χ0) is 28.4. The van der Waals surface area contributed by atoms with Crippen molar-refractivity contribution >= 4 is 46.3 Å². The highest BCUT2D eigenvalue weighted by Crippen LogP contribution is 2.20. The van der Waals surface area contributed by atoms with Gasteiger partial charge in [0.2, 0.25) is 0 Å². The molecule has 0 aliphatic rings. The van der Waals surface area contributed by atoms with Gasteiger partial charge in [-0.2, -0.15) is 5.10 Å². The molecule has 0 radical (unpaired) electrons. The number of nitrogens with one attached hydrogen (secondary N) is 2. The topological polar surface area (TPSA) is 77.0 Å². The fraction of sp³-hybridized carbons (Fsp3) is 0.323. The van der Waals surface area contributed by atoms with Gasteiger partial charge < -0.3 is 15.1 Å². The summed E-state index contributed by atoms with van der Waals surface area (Å²) in [7, 11) is 2.09. The minimum absolute atomic E-state index is 0.267. The van der Waals surface area contributed by atoms with Crippen LogP contribution in [0.25, 0.3) is 0 Å². The molecule has 7 nitrogen and oxygen atoms in total. The van der Waals surface area contributed by atoms with E-state index in [2.05, 4.69) is 69.1 Å². The van der Waals surface area contributed by atoms with Crippen LogP contribution < -0.4 is 10.7 Å². The summed E-state index contributed by atoms with van der Waals surface area (Å²) in [5.74, 6) is -0.663. The van der Waals surface area contributed by atoms with Crippen molar-refractivity contribution in [2.45, 2.75) is 34.2 Å². The fourth-order valence-electron chi connectivity index (χ4n) is 4.13. The molecule has 3 rings (SSSR count). The number of nitrogens with zero attached hydrogens (tertiary/aromatic N) is 3. The number of anilines is 1. The summed E-state index contributed by atoms with van der Waals surface area (Å²) in [6.07, 6.45) is 1.61. The van der Waals surface area contributed by atoms with E-state index >= 15 is 0 Å². The lowest BCUT2D eigenvalue weighted by molar-refractivity contribution is 0.0956. The van der Waals surface area contributed by atoms with Crippen molar-refractivity contribution in [2.24, 2.45) is 5.10 Å². The maximum Gasteiger partial charge on any atom is 0.273 e. The van der Waals surface area contributed by atoms with E-state index in [9.17, 15) is 9.59 Å². The van der Waals surface area contributed by atoms with Crippen molar-refractivity contribution in [2.75, 3.05) is 38.5 Å².